The largest absolute Gasteiger partial charge is 0.465 e. The van der Waals surface area contributed by atoms with Gasteiger partial charge in [-0.15, -0.1) is 0 Å². The second kappa shape index (κ2) is 8.61. The zero-order valence-corrected chi connectivity index (χ0v) is 16.8. The van der Waals surface area contributed by atoms with E-state index < -0.39 is 5.97 Å². The van der Waals surface area contributed by atoms with Crippen LogP contribution in [0.3, 0.4) is 0 Å². The molecule has 0 saturated carbocycles. The standard InChI is InChI=1S/C24H23NO4/c1-5-14-29-22(26)13-11-19-20-15-16(2)6-12-21(20)25(3)23(19)17-7-9-18(10-8-17)24(27)28-4/h5-13,15H,1,14H2,2-4H3. The Kier molecular flexibility index (Phi) is 5.98. The van der Waals surface area contributed by atoms with Crippen LogP contribution >= 0.6 is 0 Å². The maximum absolute atomic E-state index is 12.0. The van der Waals surface area contributed by atoms with E-state index in [9.17, 15) is 9.59 Å². The van der Waals surface area contributed by atoms with Crippen molar-refractivity contribution in [2.24, 2.45) is 7.05 Å². The highest BCUT2D eigenvalue weighted by Crippen LogP contribution is 2.34. The van der Waals surface area contributed by atoms with Crippen LogP contribution in [0.4, 0.5) is 0 Å². The molecule has 148 valence electrons. The smallest absolute Gasteiger partial charge is 0.337 e. The lowest BCUT2D eigenvalue weighted by Gasteiger charge is -2.07. The molecule has 0 atom stereocenters. The van der Waals surface area contributed by atoms with Gasteiger partial charge in [0.15, 0.2) is 0 Å². The van der Waals surface area contributed by atoms with Gasteiger partial charge in [-0.1, -0.05) is 36.4 Å². The van der Waals surface area contributed by atoms with Crippen molar-refractivity contribution in [1.29, 1.82) is 0 Å². The molecule has 0 aliphatic rings. The topological polar surface area (TPSA) is 57.5 Å². The summed E-state index contributed by atoms with van der Waals surface area (Å²) in [5.41, 5.74) is 5.42. The van der Waals surface area contributed by atoms with Crippen LogP contribution in [-0.4, -0.2) is 30.2 Å². The molecule has 1 aromatic heterocycles. The summed E-state index contributed by atoms with van der Waals surface area (Å²) >= 11 is 0. The minimum atomic E-state index is -0.429. The van der Waals surface area contributed by atoms with Crippen LogP contribution in [0, 0.1) is 6.92 Å². The first-order valence-electron chi connectivity index (χ1n) is 9.19. The number of aryl methyl sites for hydroxylation is 2. The number of fused-ring (bicyclic) bond motifs is 1. The van der Waals surface area contributed by atoms with Crippen molar-refractivity contribution in [2.75, 3.05) is 13.7 Å². The highest BCUT2D eigenvalue weighted by Gasteiger charge is 2.16. The number of hydrogen-bond donors (Lipinski definition) is 0. The van der Waals surface area contributed by atoms with Crippen LogP contribution in [0.2, 0.25) is 0 Å². The average molecular weight is 389 g/mol. The monoisotopic (exact) mass is 389 g/mol. The van der Waals surface area contributed by atoms with Gasteiger partial charge in [0.2, 0.25) is 0 Å². The third kappa shape index (κ3) is 4.14. The number of rotatable bonds is 6. The molecular weight excluding hydrogens is 366 g/mol. The molecule has 0 radical (unpaired) electrons. The van der Waals surface area contributed by atoms with E-state index in [-0.39, 0.29) is 12.6 Å². The molecule has 0 amide bonds. The van der Waals surface area contributed by atoms with E-state index >= 15 is 0 Å². The fourth-order valence-electron chi connectivity index (χ4n) is 3.33. The van der Waals surface area contributed by atoms with Gasteiger partial charge in [0.25, 0.3) is 0 Å². The van der Waals surface area contributed by atoms with E-state index in [0.717, 1.165) is 33.3 Å². The van der Waals surface area contributed by atoms with Crippen molar-refractivity contribution in [3.63, 3.8) is 0 Å². The van der Waals surface area contributed by atoms with Crippen molar-refractivity contribution in [3.8, 4) is 11.3 Å². The highest BCUT2D eigenvalue weighted by atomic mass is 16.5. The molecule has 29 heavy (non-hydrogen) atoms. The number of carbonyl (C=O) groups is 2. The van der Waals surface area contributed by atoms with Crippen LogP contribution in [0.5, 0.6) is 0 Å². The SMILES string of the molecule is C=CCOC(=O)C=Cc1c(-c2ccc(C(=O)OC)cc2)n(C)c2ccc(C)cc12. The predicted octanol–water partition coefficient (Wildman–Crippen LogP) is 4.68. The number of hydrogen-bond acceptors (Lipinski definition) is 4. The molecule has 0 N–H and O–H groups in total. The summed E-state index contributed by atoms with van der Waals surface area (Å²) in [6.07, 6.45) is 4.73. The Bertz CT molecular complexity index is 1100. The van der Waals surface area contributed by atoms with Gasteiger partial charge >= 0.3 is 11.9 Å². The predicted molar refractivity (Wildman–Crippen MR) is 115 cm³/mol. The molecular formula is C24H23NO4. The van der Waals surface area contributed by atoms with E-state index in [4.69, 9.17) is 9.47 Å². The number of benzene rings is 2. The molecule has 5 heteroatoms. The molecule has 0 aliphatic heterocycles. The summed E-state index contributed by atoms with van der Waals surface area (Å²) in [5.74, 6) is -0.809. The molecule has 0 spiro atoms. The summed E-state index contributed by atoms with van der Waals surface area (Å²) in [4.78, 5) is 23.7. The van der Waals surface area contributed by atoms with Gasteiger partial charge < -0.3 is 14.0 Å². The summed E-state index contributed by atoms with van der Waals surface area (Å²) < 4.78 is 11.9. The Labute approximate surface area is 169 Å². The second-order valence-electron chi connectivity index (χ2n) is 6.66. The number of ether oxygens (including phenoxy) is 2. The first-order valence-corrected chi connectivity index (χ1v) is 9.19. The Balaban J connectivity index is 2.14. The van der Waals surface area contributed by atoms with Crippen molar-refractivity contribution in [3.05, 3.63) is 77.9 Å². The number of nitrogens with zero attached hydrogens (tertiary/aromatic N) is 1. The van der Waals surface area contributed by atoms with Crippen LogP contribution in [0.25, 0.3) is 28.2 Å². The maximum atomic E-state index is 12.0. The molecule has 0 bridgehead atoms. The first-order chi connectivity index (χ1) is 14.0. The first kappa shape index (κ1) is 20.1. The average Bonchev–Trinajstić information content (AvgIpc) is 3.01. The van der Waals surface area contributed by atoms with Crippen LogP contribution in [-0.2, 0) is 21.3 Å². The fourth-order valence-corrected chi connectivity index (χ4v) is 3.33. The minimum absolute atomic E-state index is 0.166. The number of esters is 2. The minimum Gasteiger partial charge on any atom is -0.465 e. The molecule has 5 nitrogen and oxygen atoms in total. The quantitative estimate of drug-likeness (QED) is 0.349. The third-order valence-corrected chi connectivity index (χ3v) is 4.70. The van der Waals surface area contributed by atoms with Crippen LogP contribution in [0.15, 0.2) is 61.2 Å². The molecule has 0 unspecified atom stereocenters. The zero-order chi connectivity index (χ0) is 21.0. The number of carbonyl (C=O) groups excluding carboxylic acids is 2. The summed E-state index contributed by atoms with van der Waals surface area (Å²) in [6, 6.07) is 13.4. The Morgan fingerprint density at radius 2 is 1.86 bits per heavy atom. The van der Waals surface area contributed by atoms with Crippen molar-refractivity contribution in [2.45, 2.75) is 6.92 Å². The Morgan fingerprint density at radius 1 is 1.14 bits per heavy atom. The molecule has 1 heterocycles. The second-order valence-corrected chi connectivity index (χ2v) is 6.66. The van der Waals surface area contributed by atoms with Gasteiger partial charge in [-0.2, -0.15) is 0 Å². The van der Waals surface area contributed by atoms with E-state index in [1.807, 2.05) is 26.1 Å². The molecule has 3 aromatic rings. The Hall–Kier alpha value is -3.60. The van der Waals surface area contributed by atoms with Crippen LogP contribution < -0.4 is 0 Å². The third-order valence-electron chi connectivity index (χ3n) is 4.70. The summed E-state index contributed by atoms with van der Waals surface area (Å²) in [7, 11) is 3.34. The van der Waals surface area contributed by atoms with Gasteiger partial charge in [0, 0.05) is 29.6 Å². The lowest BCUT2D eigenvalue weighted by molar-refractivity contribution is -0.136. The van der Waals surface area contributed by atoms with E-state index in [1.54, 1.807) is 18.2 Å². The molecule has 0 aliphatic carbocycles. The molecule has 0 saturated heterocycles. The lowest BCUT2D eigenvalue weighted by Crippen LogP contribution is -2.01. The number of aromatic nitrogens is 1. The number of methoxy groups -OCH3 is 1. The van der Waals surface area contributed by atoms with Gasteiger partial charge in [0.05, 0.1) is 18.4 Å². The van der Waals surface area contributed by atoms with E-state index in [1.165, 1.54) is 19.3 Å². The van der Waals surface area contributed by atoms with Crippen molar-refractivity contribution >= 4 is 28.9 Å². The maximum Gasteiger partial charge on any atom is 0.337 e. The van der Waals surface area contributed by atoms with Gasteiger partial charge in [-0.05, 0) is 42.8 Å². The van der Waals surface area contributed by atoms with Crippen molar-refractivity contribution < 1.29 is 19.1 Å². The lowest BCUT2D eigenvalue weighted by atomic mass is 10.0. The molecule has 3 rings (SSSR count). The fraction of sp³-hybridized carbons (Fsp3) is 0.167. The van der Waals surface area contributed by atoms with Crippen LogP contribution in [0.1, 0.15) is 21.5 Å². The van der Waals surface area contributed by atoms with Gasteiger partial charge in [-0.25, -0.2) is 9.59 Å². The highest BCUT2D eigenvalue weighted by molar-refractivity contribution is 6.01. The van der Waals surface area contributed by atoms with Gasteiger partial charge in [0.1, 0.15) is 6.61 Å². The summed E-state index contributed by atoms with van der Waals surface area (Å²) in [6.45, 7) is 5.74. The normalized spacial score (nSPS) is 11.0. The molecule has 0 fully saturated rings. The van der Waals surface area contributed by atoms with E-state index in [0.29, 0.717) is 5.56 Å². The zero-order valence-electron chi connectivity index (χ0n) is 16.8. The van der Waals surface area contributed by atoms with Crippen molar-refractivity contribution in [1.82, 2.24) is 4.57 Å². The molecule has 2 aromatic carbocycles. The Morgan fingerprint density at radius 3 is 2.52 bits per heavy atom. The van der Waals surface area contributed by atoms with Gasteiger partial charge in [-0.3, -0.25) is 0 Å². The van der Waals surface area contributed by atoms with E-state index in [2.05, 4.69) is 29.3 Å². The summed E-state index contributed by atoms with van der Waals surface area (Å²) in [5, 5.41) is 1.03.